The third kappa shape index (κ3) is 3.44. The number of carbonyl (C=O) groups excluding carboxylic acids is 1. The van der Waals surface area contributed by atoms with E-state index in [0.717, 1.165) is 12.1 Å². The maximum atomic E-state index is 12.1. The molecule has 8 heteroatoms. The highest BCUT2D eigenvalue weighted by Crippen LogP contribution is 2.18. The molecule has 0 spiro atoms. The number of aromatic amines is 1. The van der Waals surface area contributed by atoms with E-state index in [0.29, 0.717) is 24.0 Å². The minimum Gasteiger partial charge on any atom is -0.366 e. The Kier molecular flexibility index (Phi) is 4.37. The molecule has 0 aliphatic carbocycles. The lowest BCUT2D eigenvalue weighted by Gasteiger charge is -2.28. The molecule has 22 heavy (non-hydrogen) atoms. The number of hydrogen-bond acceptors (Lipinski definition) is 5. The van der Waals surface area contributed by atoms with Gasteiger partial charge in [-0.1, -0.05) is 11.6 Å². The normalized spacial score (nSPS) is 19.1. The van der Waals surface area contributed by atoms with E-state index in [4.69, 9.17) is 16.3 Å². The quantitative estimate of drug-likeness (QED) is 0.892. The van der Waals surface area contributed by atoms with Crippen molar-refractivity contribution >= 4 is 23.5 Å². The van der Waals surface area contributed by atoms with Crippen LogP contribution in [0.2, 0.25) is 5.02 Å². The Bertz CT molecular complexity index is 658. The van der Waals surface area contributed by atoms with Gasteiger partial charge in [-0.25, -0.2) is 0 Å². The number of morpholine rings is 1. The zero-order chi connectivity index (χ0) is 15.5. The zero-order valence-corrected chi connectivity index (χ0v) is 12.8. The number of nitrogens with zero attached hydrogens (tertiary/aromatic N) is 3. The van der Waals surface area contributed by atoms with E-state index in [1.165, 1.54) is 0 Å². The topological polar surface area (TPSA) is 83.1 Å². The molecule has 0 saturated carbocycles. The Morgan fingerprint density at radius 2 is 2.23 bits per heavy atom. The van der Waals surface area contributed by atoms with E-state index in [1.54, 1.807) is 12.1 Å². The zero-order valence-electron chi connectivity index (χ0n) is 12.0. The van der Waals surface area contributed by atoms with E-state index >= 15 is 0 Å². The van der Waals surface area contributed by atoms with Crippen LogP contribution in [0.25, 0.3) is 11.4 Å². The van der Waals surface area contributed by atoms with E-state index in [1.807, 2.05) is 24.1 Å². The van der Waals surface area contributed by atoms with Crippen LogP contribution in [0.5, 0.6) is 0 Å². The van der Waals surface area contributed by atoms with Gasteiger partial charge in [0.1, 0.15) is 6.10 Å². The van der Waals surface area contributed by atoms with Crippen LogP contribution in [0.1, 0.15) is 0 Å². The number of amides is 1. The van der Waals surface area contributed by atoms with Gasteiger partial charge in [-0.3, -0.25) is 15.2 Å². The Labute approximate surface area is 132 Å². The lowest BCUT2D eigenvalue weighted by atomic mass is 10.2. The molecule has 0 radical (unpaired) electrons. The van der Waals surface area contributed by atoms with Gasteiger partial charge in [-0.15, -0.1) is 5.10 Å². The smallest absolute Gasteiger partial charge is 0.257 e. The van der Waals surface area contributed by atoms with Crippen LogP contribution < -0.4 is 5.32 Å². The third-order valence-electron chi connectivity index (χ3n) is 3.40. The summed E-state index contributed by atoms with van der Waals surface area (Å²) in [6.07, 6.45) is -0.503. The SMILES string of the molecule is CN1CCO[C@H](C(=O)Nc2n[nH]c(-c3ccc(Cl)cc3)n2)C1. The molecule has 2 heterocycles. The third-order valence-corrected chi connectivity index (χ3v) is 3.65. The summed E-state index contributed by atoms with van der Waals surface area (Å²) in [5.41, 5.74) is 0.839. The molecule has 1 saturated heterocycles. The van der Waals surface area contributed by atoms with Crippen molar-refractivity contribution in [2.75, 3.05) is 32.1 Å². The van der Waals surface area contributed by atoms with Crippen LogP contribution in [0, 0.1) is 0 Å². The molecule has 1 aromatic carbocycles. The molecule has 1 aromatic heterocycles. The second kappa shape index (κ2) is 6.43. The second-order valence-corrected chi connectivity index (χ2v) is 5.56. The number of rotatable bonds is 3. The summed E-state index contributed by atoms with van der Waals surface area (Å²) in [7, 11) is 1.95. The summed E-state index contributed by atoms with van der Waals surface area (Å²) >= 11 is 5.85. The van der Waals surface area contributed by atoms with E-state index < -0.39 is 6.10 Å². The first-order valence-corrected chi connectivity index (χ1v) is 7.29. The molecule has 1 amide bonds. The Morgan fingerprint density at radius 1 is 1.45 bits per heavy atom. The van der Waals surface area contributed by atoms with Crippen LogP contribution in [0.15, 0.2) is 24.3 Å². The van der Waals surface area contributed by atoms with Crippen molar-refractivity contribution in [3.63, 3.8) is 0 Å². The minimum atomic E-state index is -0.503. The summed E-state index contributed by atoms with van der Waals surface area (Å²) < 4.78 is 5.45. The van der Waals surface area contributed by atoms with Gasteiger partial charge in [0.15, 0.2) is 5.82 Å². The highest BCUT2D eigenvalue weighted by atomic mass is 35.5. The molecule has 1 atom stereocenters. The molecular formula is C14H16ClN5O2. The molecule has 3 rings (SSSR count). The number of halogens is 1. The van der Waals surface area contributed by atoms with Crippen molar-refractivity contribution in [3.05, 3.63) is 29.3 Å². The fourth-order valence-corrected chi connectivity index (χ4v) is 2.31. The number of likely N-dealkylation sites (N-methyl/N-ethyl adjacent to an activating group) is 1. The van der Waals surface area contributed by atoms with E-state index in [9.17, 15) is 4.79 Å². The van der Waals surface area contributed by atoms with E-state index in [2.05, 4.69) is 20.5 Å². The number of carbonyl (C=O) groups is 1. The summed E-state index contributed by atoms with van der Waals surface area (Å²) in [5.74, 6) is 0.550. The van der Waals surface area contributed by atoms with Crippen molar-refractivity contribution in [2.45, 2.75) is 6.10 Å². The highest BCUT2D eigenvalue weighted by Gasteiger charge is 2.25. The van der Waals surface area contributed by atoms with Crippen LogP contribution in [-0.4, -0.2) is 58.8 Å². The van der Waals surface area contributed by atoms with Crippen molar-refractivity contribution in [1.82, 2.24) is 20.1 Å². The highest BCUT2D eigenvalue weighted by molar-refractivity contribution is 6.30. The van der Waals surface area contributed by atoms with Crippen molar-refractivity contribution in [3.8, 4) is 11.4 Å². The van der Waals surface area contributed by atoms with Gasteiger partial charge in [-0.2, -0.15) is 4.98 Å². The van der Waals surface area contributed by atoms with Crippen LogP contribution in [0.3, 0.4) is 0 Å². The fourth-order valence-electron chi connectivity index (χ4n) is 2.18. The van der Waals surface area contributed by atoms with Gasteiger partial charge in [0.2, 0.25) is 5.95 Å². The van der Waals surface area contributed by atoms with Gasteiger partial charge < -0.3 is 9.64 Å². The largest absolute Gasteiger partial charge is 0.366 e. The monoisotopic (exact) mass is 321 g/mol. The number of H-pyrrole nitrogens is 1. The first-order chi connectivity index (χ1) is 10.6. The standard InChI is InChI=1S/C14H16ClN5O2/c1-20-6-7-22-11(8-20)13(21)17-14-16-12(18-19-14)9-2-4-10(15)5-3-9/h2-5,11H,6-8H2,1H3,(H2,16,17,18,19,21)/t11-/m0/s1. The van der Waals surface area contributed by atoms with Crippen molar-refractivity contribution < 1.29 is 9.53 Å². The number of aromatic nitrogens is 3. The van der Waals surface area contributed by atoms with Crippen LogP contribution >= 0.6 is 11.6 Å². The Morgan fingerprint density at radius 3 is 2.95 bits per heavy atom. The summed E-state index contributed by atoms with van der Waals surface area (Å²) in [6.45, 7) is 1.92. The number of benzene rings is 1. The van der Waals surface area contributed by atoms with Crippen LogP contribution in [0.4, 0.5) is 5.95 Å². The average Bonchev–Trinajstić information content (AvgIpc) is 2.96. The Hall–Kier alpha value is -1.96. The molecule has 1 aliphatic rings. The number of ether oxygens (including phenoxy) is 1. The summed E-state index contributed by atoms with van der Waals surface area (Å²) in [5, 5.41) is 10.1. The maximum absolute atomic E-state index is 12.1. The molecule has 1 aliphatic heterocycles. The average molecular weight is 322 g/mol. The summed E-state index contributed by atoms with van der Waals surface area (Å²) in [6, 6.07) is 7.19. The first-order valence-electron chi connectivity index (χ1n) is 6.91. The van der Waals surface area contributed by atoms with Gasteiger partial charge in [0.05, 0.1) is 6.61 Å². The molecule has 2 N–H and O–H groups in total. The number of hydrogen-bond donors (Lipinski definition) is 2. The molecule has 116 valence electrons. The molecule has 0 bridgehead atoms. The second-order valence-electron chi connectivity index (χ2n) is 5.13. The lowest BCUT2D eigenvalue weighted by Crippen LogP contribution is -2.46. The van der Waals surface area contributed by atoms with Gasteiger partial charge in [0, 0.05) is 23.7 Å². The van der Waals surface area contributed by atoms with Crippen LogP contribution in [-0.2, 0) is 9.53 Å². The van der Waals surface area contributed by atoms with Gasteiger partial charge in [0.25, 0.3) is 5.91 Å². The lowest BCUT2D eigenvalue weighted by molar-refractivity contribution is -0.132. The minimum absolute atomic E-state index is 0.228. The summed E-state index contributed by atoms with van der Waals surface area (Å²) in [4.78, 5) is 18.4. The van der Waals surface area contributed by atoms with Crippen molar-refractivity contribution in [1.29, 1.82) is 0 Å². The number of anilines is 1. The number of nitrogens with one attached hydrogen (secondary N) is 2. The predicted octanol–water partition coefficient (Wildman–Crippen LogP) is 1.39. The first kappa shape index (κ1) is 15.0. The van der Waals surface area contributed by atoms with Gasteiger partial charge >= 0.3 is 0 Å². The molecule has 2 aromatic rings. The Balaban J connectivity index is 1.66. The maximum Gasteiger partial charge on any atom is 0.257 e. The fraction of sp³-hybridized carbons (Fsp3) is 0.357. The molecule has 0 unspecified atom stereocenters. The van der Waals surface area contributed by atoms with E-state index in [-0.39, 0.29) is 11.9 Å². The molecule has 7 nitrogen and oxygen atoms in total. The van der Waals surface area contributed by atoms with Gasteiger partial charge in [-0.05, 0) is 31.3 Å². The predicted molar refractivity (Wildman–Crippen MR) is 82.7 cm³/mol. The molecular weight excluding hydrogens is 306 g/mol. The molecule has 1 fully saturated rings. The van der Waals surface area contributed by atoms with Crippen molar-refractivity contribution in [2.24, 2.45) is 0 Å².